The second-order valence-electron chi connectivity index (χ2n) is 2.10. The molecule has 1 fully saturated rings. The lowest BCUT2D eigenvalue weighted by molar-refractivity contribution is 0.407. The molecule has 1 rings (SSSR count). The molecule has 0 N–H and O–H groups in total. The highest BCUT2D eigenvalue weighted by molar-refractivity contribution is 6.31. The second-order valence-corrected chi connectivity index (χ2v) is 3.16. The van der Waals surface area contributed by atoms with Gasteiger partial charge in [-0.15, -0.1) is 29.8 Å². The topological polar surface area (TPSA) is 0 Å². The predicted octanol–water partition coefficient (Wildman–Crippen LogP) is 2.41. The van der Waals surface area contributed by atoms with Gasteiger partial charge < -0.3 is 0 Å². The summed E-state index contributed by atoms with van der Waals surface area (Å²) in [6.07, 6.45) is 2.87. The number of hydrogen-bond donors (Lipinski definition) is 0. The van der Waals surface area contributed by atoms with E-state index >= 15 is 0 Å². The van der Waals surface area contributed by atoms with Crippen LogP contribution in [0.4, 0.5) is 0 Å². The van der Waals surface area contributed by atoms with Crippen molar-refractivity contribution in [2.24, 2.45) is 5.92 Å². The van der Waals surface area contributed by atoms with Crippen molar-refractivity contribution in [1.29, 1.82) is 0 Å². The van der Waals surface area contributed by atoms with E-state index in [2.05, 4.69) is 6.58 Å². The lowest BCUT2D eigenvalue weighted by Crippen LogP contribution is -2.37. The van der Waals surface area contributed by atoms with Crippen LogP contribution in [0.1, 0.15) is 6.42 Å². The van der Waals surface area contributed by atoms with Gasteiger partial charge in [0.15, 0.2) is 0 Å². The van der Waals surface area contributed by atoms with Gasteiger partial charge in [0.05, 0.1) is 10.8 Å². The molecule has 0 aliphatic heterocycles. The Morgan fingerprint density at radius 1 is 1.50 bits per heavy atom. The molecule has 1 saturated carbocycles. The number of alkyl halides is 2. The zero-order valence-electron chi connectivity index (χ0n) is 4.48. The molecule has 0 spiro atoms. The van der Waals surface area contributed by atoms with Crippen molar-refractivity contribution >= 4 is 23.2 Å². The van der Waals surface area contributed by atoms with Gasteiger partial charge in [0.1, 0.15) is 0 Å². The Morgan fingerprint density at radius 2 is 2.12 bits per heavy atom. The molecule has 0 amide bonds. The third-order valence-electron chi connectivity index (χ3n) is 1.55. The van der Waals surface area contributed by atoms with Crippen LogP contribution in [0.2, 0.25) is 0 Å². The van der Waals surface area contributed by atoms with Gasteiger partial charge in [-0.1, -0.05) is 6.08 Å². The molecule has 1 aliphatic carbocycles. The van der Waals surface area contributed by atoms with Crippen LogP contribution in [-0.4, -0.2) is 10.8 Å². The molecule has 8 heavy (non-hydrogen) atoms. The standard InChI is InChI=1S/C6H8Cl2/c1-2-4-3-5(7)6(4)8/h2,4-6H,1,3H2. The molecule has 0 saturated heterocycles. The fourth-order valence-electron chi connectivity index (χ4n) is 0.819. The average Bonchev–Trinajstić information content (AvgIpc) is 1.81. The van der Waals surface area contributed by atoms with E-state index in [1.165, 1.54) is 0 Å². The first kappa shape index (κ1) is 6.44. The summed E-state index contributed by atoms with van der Waals surface area (Å²) in [7, 11) is 0. The summed E-state index contributed by atoms with van der Waals surface area (Å²) in [6, 6.07) is 0. The highest BCUT2D eigenvalue weighted by atomic mass is 35.5. The largest absolute Gasteiger partial charge is 0.121 e. The van der Waals surface area contributed by atoms with Gasteiger partial charge in [-0.05, 0) is 12.3 Å². The fraction of sp³-hybridized carbons (Fsp3) is 0.667. The van der Waals surface area contributed by atoms with Gasteiger partial charge in [-0.25, -0.2) is 0 Å². The zero-order valence-corrected chi connectivity index (χ0v) is 5.99. The highest BCUT2D eigenvalue weighted by Gasteiger charge is 2.35. The highest BCUT2D eigenvalue weighted by Crippen LogP contribution is 2.37. The molecule has 0 heterocycles. The van der Waals surface area contributed by atoms with Crippen LogP contribution in [0.5, 0.6) is 0 Å². The fourth-order valence-corrected chi connectivity index (χ4v) is 1.52. The Labute approximate surface area is 59.5 Å². The molecular weight excluding hydrogens is 143 g/mol. The Hall–Kier alpha value is 0.320. The molecule has 3 unspecified atom stereocenters. The van der Waals surface area contributed by atoms with Crippen LogP contribution in [0.15, 0.2) is 12.7 Å². The van der Waals surface area contributed by atoms with Crippen LogP contribution >= 0.6 is 23.2 Å². The van der Waals surface area contributed by atoms with Crippen molar-refractivity contribution in [3.05, 3.63) is 12.7 Å². The smallest absolute Gasteiger partial charge is 0.0562 e. The van der Waals surface area contributed by atoms with E-state index in [1.807, 2.05) is 6.08 Å². The summed E-state index contributed by atoms with van der Waals surface area (Å²) in [4.78, 5) is 0. The summed E-state index contributed by atoms with van der Waals surface area (Å²) in [6.45, 7) is 3.62. The Bertz CT molecular complexity index is 101. The van der Waals surface area contributed by atoms with E-state index in [0.717, 1.165) is 6.42 Å². The minimum absolute atomic E-state index is 0.133. The maximum absolute atomic E-state index is 5.76. The van der Waals surface area contributed by atoms with E-state index in [9.17, 15) is 0 Å². The number of halogens is 2. The monoisotopic (exact) mass is 150 g/mol. The van der Waals surface area contributed by atoms with Crippen LogP contribution in [0.3, 0.4) is 0 Å². The minimum atomic E-state index is 0.133. The van der Waals surface area contributed by atoms with E-state index in [4.69, 9.17) is 23.2 Å². The molecule has 0 aromatic heterocycles. The SMILES string of the molecule is C=CC1CC(Cl)C1Cl. The van der Waals surface area contributed by atoms with Gasteiger partial charge in [-0.2, -0.15) is 0 Å². The molecule has 2 heteroatoms. The third-order valence-corrected chi connectivity index (χ3v) is 2.76. The van der Waals surface area contributed by atoms with E-state index < -0.39 is 0 Å². The Balaban J connectivity index is 2.35. The van der Waals surface area contributed by atoms with Gasteiger partial charge in [-0.3, -0.25) is 0 Å². The van der Waals surface area contributed by atoms with Gasteiger partial charge in [0, 0.05) is 0 Å². The van der Waals surface area contributed by atoms with Gasteiger partial charge in [0.25, 0.3) is 0 Å². The molecule has 46 valence electrons. The minimum Gasteiger partial charge on any atom is -0.121 e. The summed E-state index contributed by atoms with van der Waals surface area (Å²) in [5, 5.41) is 0.314. The van der Waals surface area contributed by atoms with E-state index in [0.29, 0.717) is 5.92 Å². The van der Waals surface area contributed by atoms with Crippen molar-refractivity contribution in [2.45, 2.75) is 17.2 Å². The molecule has 0 aromatic rings. The van der Waals surface area contributed by atoms with Crippen LogP contribution in [-0.2, 0) is 0 Å². The summed E-state index contributed by atoms with van der Waals surface area (Å²) >= 11 is 11.5. The number of hydrogen-bond acceptors (Lipinski definition) is 0. The molecular formula is C6H8Cl2. The summed E-state index contributed by atoms with van der Waals surface area (Å²) in [5.41, 5.74) is 0. The number of rotatable bonds is 1. The quantitative estimate of drug-likeness (QED) is 0.398. The van der Waals surface area contributed by atoms with E-state index in [1.54, 1.807) is 0 Å². The van der Waals surface area contributed by atoms with Crippen LogP contribution < -0.4 is 0 Å². The number of allylic oxidation sites excluding steroid dienone is 1. The van der Waals surface area contributed by atoms with Crippen molar-refractivity contribution < 1.29 is 0 Å². The lowest BCUT2D eigenvalue weighted by Gasteiger charge is -2.34. The molecule has 0 radical (unpaired) electrons. The lowest BCUT2D eigenvalue weighted by atomic mass is 9.84. The summed E-state index contributed by atoms with van der Waals surface area (Å²) in [5.74, 6) is 0.458. The molecule has 0 aromatic carbocycles. The van der Waals surface area contributed by atoms with Crippen molar-refractivity contribution in [3.8, 4) is 0 Å². The first-order valence-electron chi connectivity index (χ1n) is 2.66. The predicted molar refractivity (Wildman–Crippen MR) is 37.6 cm³/mol. The Kier molecular flexibility index (Phi) is 1.84. The average molecular weight is 151 g/mol. The molecule has 0 nitrogen and oxygen atoms in total. The maximum Gasteiger partial charge on any atom is 0.0562 e. The summed E-state index contributed by atoms with van der Waals surface area (Å²) < 4.78 is 0. The van der Waals surface area contributed by atoms with Crippen molar-refractivity contribution in [3.63, 3.8) is 0 Å². The molecule has 3 atom stereocenters. The van der Waals surface area contributed by atoms with Crippen LogP contribution in [0, 0.1) is 5.92 Å². The van der Waals surface area contributed by atoms with E-state index in [-0.39, 0.29) is 10.8 Å². The van der Waals surface area contributed by atoms with Gasteiger partial charge >= 0.3 is 0 Å². The maximum atomic E-state index is 5.76. The molecule has 0 bridgehead atoms. The van der Waals surface area contributed by atoms with Crippen LogP contribution in [0.25, 0.3) is 0 Å². The Morgan fingerprint density at radius 3 is 2.25 bits per heavy atom. The first-order chi connectivity index (χ1) is 3.75. The third kappa shape index (κ3) is 0.872. The van der Waals surface area contributed by atoms with Gasteiger partial charge in [0.2, 0.25) is 0 Å². The van der Waals surface area contributed by atoms with Crippen molar-refractivity contribution in [2.75, 3.05) is 0 Å². The van der Waals surface area contributed by atoms with Crippen molar-refractivity contribution in [1.82, 2.24) is 0 Å². The second kappa shape index (κ2) is 2.28. The normalized spacial score (nSPS) is 45.5. The first-order valence-corrected chi connectivity index (χ1v) is 3.53. The zero-order chi connectivity index (χ0) is 6.15. The molecule has 1 aliphatic rings.